The van der Waals surface area contributed by atoms with Crippen molar-refractivity contribution in [1.82, 2.24) is 4.98 Å². The zero-order valence-corrected chi connectivity index (χ0v) is 12.9. The fraction of sp³-hybridized carbons (Fsp3) is 0.100. The number of hydrogen-bond donors (Lipinski definition) is 0. The Morgan fingerprint density at radius 3 is 2.52 bits per heavy atom. The van der Waals surface area contributed by atoms with Gasteiger partial charge in [0, 0.05) is 17.3 Å². The highest BCUT2D eigenvalue weighted by atomic mass is 16.5. The first-order chi connectivity index (χ1) is 11.2. The molecule has 0 amide bonds. The molecular weight excluding hydrogens is 286 g/mol. The molecule has 0 spiro atoms. The number of aromatic nitrogens is 1. The second-order valence-electron chi connectivity index (χ2n) is 5.29. The van der Waals surface area contributed by atoms with Gasteiger partial charge in [0.1, 0.15) is 12.4 Å². The Morgan fingerprint density at radius 1 is 1.00 bits per heavy atom. The zero-order chi connectivity index (χ0) is 16.1. The Hall–Kier alpha value is -2.94. The van der Waals surface area contributed by atoms with E-state index in [0.29, 0.717) is 12.2 Å². The molecule has 0 unspecified atom stereocenters. The lowest BCUT2D eigenvalue weighted by molar-refractivity contribution is 0.101. The third kappa shape index (κ3) is 3.83. The van der Waals surface area contributed by atoms with E-state index in [2.05, 4.69) is 4.98 Å². The van der Waals surface area contributed by atoms with E-state index in [-0.39, 0.29) is 5.78 Å². The third-order valence-electron chi connectivity index (χ3n) is 3.55. The molecule has 0 bridgehead atoms. The molecule has 0 aliphatic rings. The SMILES string of the molecule is CC(=O)c1ccc(-c2cccc(OCc3ccccc3)c2)nc1. The van der Waals surface area contributed by atoms with Gasteiger partial charge in [-0.1, -0.05) is 42.5 Å². The van der Waals surface area contributed by atoms with Gasteiger partial charge in [-0.3, -0.25) is 9.78 Å². The molecule has 1 heterocycles. The molecule has 0 aliphatic carbocycles. The minimum atomic E-state index is 0.0176. The van der Waals surface area contributed by atoms with Crippen LogP contribution in [0, 0.1) is 0 Å². The lowest BCUT2D eigenvalue weighted by Gasteiger charge is -2.08. The summed E-state index contributed by atoms with van der Waals surface area (Å²) >= 11 is 0. The predicted molar refractivity (Wildman–Crippen MR) is 90.5 cm³/mol. The van der Waals surface area contributed by atoms with Crippen molar-refractivity contribution in [3.05, 3.63) is 84.1 Å². The van der Waals surface area contributed by atoms with Gasteiger partial charge in [0.05, 0.1) is 5.69 Å². The highest BCUT2D eigenvalue weighted by Gasteiger charge is 2.04. The van der Waals surface area contributed by atoms with Crippen LogP contribution in [0.4, 0.5) is 0 Å². The molecular formula is C20H17NO2. The summed E-state index contributed by atoms with van der Waals surface area (Å²) in [7, 11) is 0. The Bertz CT molecular complexity index is 795. The lowest BCUT2D eigenvalue weighted by Crippen LogP contribution is -1.96. The van der Waals surface area contributed by atoms with E-state index in [9.17, 15) is 4.79 Å². The number of rotatable bonds is 5. The minimum Gasteiger partial charge on any atom is -0.489 e. The molecule has 3 heteroatoms. The fourth-order valence-electron chi connectivity index (χ4n) is 2.26. The second kappa shape index (κ2) is 6.88. The summed E-state index contributed by atoms with van der Waals surface area (Å²) in [6.45, 7) is 2.07. The molecule has 0 atom stereocenters. The van der Waals surface area contributed by atoms with E-state index in [4.69, 9.17) is 4.74 Å². The number of nitrogens with zero attached hydrogens (tertiary/aromatic N) is 1. The van der Waals surface area contributed by atoms with E-state index in [1.165, 1.54) is 6.92 Å². The van der Waals surface area contributed by atoms with Crippen molar-refractivity contribution < 1.29 is 9.53 Å². The Kier molecular flexibility index (Phi) is 4.48. The summed E-state index contributed by atoms with van der Waals surface area (Å²) in [5.41, 5.74) is 3.53. The summed E-state index contributed by atoms with van der Waals surface area (Å²) in [6, 6.07) is 21.5. The van der Waals surface area contributed by atoms with Gasteiger partial charge in [-0.25, -0.2) is 0 Å². The summed E-state index contributed by atoms with van der Waals surface area (Å²) in [4.78, 5) is 15.7. The Labute approximate surface area is 135 Å². The zero-order valence-electron chi connectivity index (χ0n) is 12.9. The number of hydrogen-bond acceptors (Lipinski definition) is 3. The van der Waals surface area contributed by atoms with Crippen LogP contribution in [0.25, 0.3) is 11.3 Å². The van der Waals surface area contributed by atoms with E-state index < -0.39 is 0 Å². The molecule has 0 aliphatic heterocycles. The van der Waals surface area contributed by atoms with Crippen molar-refractivity contribution in [3.63, 3.8) is 0 Å². The minimum absolute atomic E-state index is 0.0176. The van der Waals surface area contributed by atoms with E-state index in [0.717, 1.165) is 22.6 Å². The molecule has 0 fully saturated rings. The largest absolute Gasteiger partial charge is 0.489 e. The van der Waals surface area contributed by atoms with Crippen molar-refractivity contribution in [3.8, 4) is 17.0 Å². The van der Waals surface area contributed by atoms with Crippen LogP contribution in [0.3, 0.4) is 0 Å². The summed E-state index contributed by atoms with van der Waals surface area (Å²) in [5, 5.41) is 0. The summed E-state index contributed by atoms with van der Waals surface area (Å²) in [6.07, 6.45) is 1.61. The van der Waals surface area contributed by atoms with Crippen LogP contribution >= 0.6 is 0 Å². The van der Waals surface area contributed by atoms with Crippen LogP contribution < -0.4 is 4.74 Å². The maximum atomic E-state index is 11.3. The predicted octanol–water partition coefficient (Wildman–Crippen LogP) is 4.53. The maximum Gasteiger partial charge on any atom is 0.161 e. The number of carbonyl (C=O) groups excluding carboxylic acids is 1. The number of ketones is 1. The van der Waals surface area contributed by atoms with Crippen LogP contribution in [0.15, 0.2) is 72.9 Å². The first-order valence-electron chi connectivity index (χ1n) is 7.46. The topological polar surface area (TPSA) is 39.2 Å². The molecule has 0 saturated heterocycles. The molecule has 0 radical (unpaired) electrons. The second-order valence-corrected chi connectivity index (χ2v) is 5.29. The van der Waals surface area contributed by atoms with E-state index >= 15 is 0 Å². The average molecular weight is 303 g/mol. The number of carbonyl (C=O) groups is 1. The molecule has 3 aromatic rings. The molecule has 3 rings (SSSR count). The third-order valence-corrected chi connectivity index (χ3v) is 3.55. The number of pyridine rings is 1. The van der Waals surface area contributed by atoms with Gasteiger partial charge >= 0.3 is 0 Å². The number of ether oxygens (including phenoxy) is 1. The van der Waals surface area contributed by atoms with Gasteiger partial charge in [-0.05, 0) is 36.8 Å². The van der Waals surface area contributed by atoms with Crippen LogP contribution in [-0.4, -0.2) is 10.8 Å². The Balaban J connectivity index is 1.75. The van der Waals surface area contributed by atoms with Crippen molar-refractivity contribution >= 4 is 5.78 Å². The van der Waals surface area contributed by atoms with Gasteiger partial charge in [0.25, 0.3) is 0 Å². The molecule has 0 N–H and O–H groups in total. The summed E-state index contributed by atoms with van der Waals surface area (Å²) < 4.78 is 5.83. The summed E-state index contributed by atoms with van der Waals surface area (Å²) in [5.74, 6) is 0.813. The van der Waals surface area contributed by atoms with Gasteiger partial charge in [0.2, 0.25) is 0 Å². The molecule has 0 saturated carbocycles. The van der Waals surface area contributed by atoms with Gasteiger partial charge < -0.3 is 4.74 Å². The quantitative estimate of drug-likeness (QED) is 0.650. The number of Topliss-reactive ketones (excluding diaryl/α,β-unsaturated/α-hetero) is 1. The Morgan fingerprint density at radius 2 is 1.83 bits per heavy atom. The first kappa shape index (κ1) is 15.0. The highest BCUT2D eigenvalue weighted by Crippen LogP contribution is 2.23. The normalized spacial score (nSPS) is 10.3. The standard InChI is InChI=1S/C20H17NO2/c1-15(22)18-10-11-20(21-13-18)17-8-5-9-19(12-17)23-14-16-6-3-2-4-7-16/h2-13H,14H2,1H3. The van der Waals surface area contributed by atoms with E-state index in [1.807, 2.05) is 60.7 Å². The van der Waals surface area contributed by atoms with Crippen molar-refractivity contribution in [2.24, 2.45) is 0 Å². The van der Waals surface area contributed by atoms with Gasteiger partial charge in [-0.2, -0.15) is 0 Å². The van der Waals surface area contributed by atoms with Crippen LogP contribution in [0.1, 0.15) is 22.8 Å². The molecule has 23 heavy (non-hydrogen) atoms. The average Bonchev–Trinajstić information content (AvgIpc) is 2.61. The first-order valence-corrected chi connectivity index (χ1v) is 7.46. The lowest BCUT2D eigenvalue weighted by atomic mass is 10.1. The van der Waals surface area contributed by atoms with E-state index in [1.54, 1.807) is 12.3 Å². The smallest absolute Gasteiger partial charge is 0.161 e. The van der Waals surface area contributed by atoms with Crippen LogP contribution in [0.2, 0.25) is 0 Å². The highest BCUT2D eigenvalue weighted by molar-refractivity contribution is 5.93. The van der Waals surface area contributed by atoms with Crippen molar-refractivity contribution in [2.45, 2.75) is 13.5 Å². The van der Waals surface area contributed by atoms with Gasteiger partial charge in [0.15, 0.2) is 5.78 Å². The van der Waals surface area contributed by atoms with Crippen LogP contribution in [0.5, 0.6) is 5.75 Å². The monoisotopic (exact) mass is 303 g/mol. The van der Waals surface area contributed by atoms with Crippen molar-refractivity contribution in [2.75, 3.05) is 0 Å². The van der Waals surface area contributed by atoms with Crippen molar-refractivity contribution in [1.29, 1.82) is 0 Å². The molecule has 1 aromatic heterocycles. The van der Waals surface area contributed by atoms with Gasteiger partial charge in [-0.15, -0.1) is 0 Å². The number of benzene rings is 2. The molecule has 2 aromatic carbocycles. The molecule has 114 valence electrons. The fourth-order valence-corrected chi connectivity index (χ4v) is 2.26. The van der Waals surface area contributed by atoms with Crippen LogP contribution in [-0.2, 0) is 6.61 Å². The maximum absolute atomic E-state index is 11.3. The molecule has 3 nitrogen and oxygen atoms in total.